The van der Waals surface area contributed by atoms with Crippen molar-refractivity contribution in [3.05, 3.63) is 29.8 Å². The molecule has 0 spiro atoms. The van der Waals surface area contributed by atoms with Gasteiger partial charge in [-0.15, -0.1) is 0 Å². The maximum Gasteiger partial charge on any atom is 0.123 e. The van der Waals surface area contributed by atoms with Crippen molar-refractivity contribution in [2.24, 2.45) is 0 Å². The smallest absolute Gasteiger partial charge is 0.123 e. The second-order valence-corrected chi connectivity index (χ2v) is 5.29. The van der Waals surface area contributed by atoms with Gasteiger partial charge in [0.05, 0.1) is 6.61 Å². The van der Waals surface area contributed by atoms with E-state index < -0.39 is 0 Å². The number of hydrogen-bond acceptors (Lipinski definition) is 3. The SMILES string of the molecule is CCOc1ccccc1CN(C)C1CCCNCC1. The molecule has 0 aliphatic carbocycles. The molecule has 3 nitrogen and oxygen atoms in total. The van der Waals surface area contributed by atoms with Crippen molar-refractivity contribution in [2.45, 2.75) is 38.8 Å². The zero-order chi connectivity index (χ0) is 13.5. The molecule has 1 aromatic rings. The molecule has 0 amide bonds. The van der Waals surface area contributed by atoms with E-state index >= 15 is 0 Å². The minimum absolute atomic E-state index is 0.685. The highest BCUT2D eigenvalue weighted by Crippen LogP contribution is 2.22. The molecule has 1 unspecified atom stereocenters. The Labute approximate surface area is 116 Å². The first-order chi connectivity index (χ1) is 9.31. The van der Waals surface area contributed by atoms with Crippen LogP contribution >= 0.6 is 0 Å². The van der Waals surface area contributed by atoms with E-state index in [2.05, 4.69) is 35.5 Å². The number of nitrogens with zero attached hydrogens (tertiary/aromatic N) is 1. The molecule has 1 aliphatic rings. The van der Waals surface area contributed by atoms with E-state index in [1.165, 1.54) is 31.4 Å². The average Bonchev–Trinajstić information content (AvgIpc) is 2.70. The monoisotopic (exact) mass is 262 g/mol. The third-order valence-electron chi connectivity index (χ3n) is 3.86. The van der Waals surface area contributed by atoms with Gasteiger partial charge in [-0.25, -0.2) is 0 Å². The van der Waals surface area contributed by atoms with Crippen molar-refractivity contribution < 1.29 is 4.74 Å². The predicted octanol–water partition coefficient (Wildman–Crippen LogP) is 2.66. The molecular formula is C16H26N2O. The topological polar surface area (TPSA) is 24.5 Å². The number of rotatable bonds is 5. The van der Waals surface area contributed by atoms with E-state index in [1.54, 1.807) is 0 Å². The minimum Gasteiger partial charge on any atom is -0.494 e. The lowest BCUT2D eigenvalue weighted by molar-refractivity contribution is 0.212. The Bertz CT molecular complexity index is 373. The summed E-state index contributed by atoms with van der Waals surface area (Å²) in [5, 5.41) is 3.48. The van der Waals surface area contributed by atoms with Crippen molar-refractivity contribution >= 4 is 0 Å². The number of benzene rings is 1. The summed E-state index contributed by atoms with van der Waals surface area (Å²) in [5.41, 5.74) is 1.30. The normalized spacial score (nSPS) is 20.3. The molecule has 0 bridgehead atoms. The van der Waals surface area contributed by atoms with Crippen molar-refractivity contribution in [3.63, 3.8) is 0 Å². The fourth-order valence-corrected chi connectivity index (χ4v) is 2.77. The van der Waals surface area contributed by atoms with Gasteiger partial charge in [-0.3, -0.25) is 4.90 Å². The van der Waals surface area contributed by atoms with Crippen molar-refractivity contribution in [2.75, 3.05) is 26.7 Å². The lowest BCUT2D eigenvalue weighted by Crippen LogP contribution is -2.32. The van der Waals surface area contributed by atoms with Crippen LogP contribution in [0.5, 0.6) is 5.75 Å². The van der Waals surface area contributed by atoms with Crippen LogP contribution in [-0.2, 0) is 6.54 Å². The molecule has 1 saturated heterocycles. The Balaban J connectivity index is 1.99. The molecular weight excluding hydrogens is 236 g/mol. The van der Waals surface area contributed by atoms with Crippen LogP contribution in [0.1, 0.15) is 31.7 Å². The van der Waals surface area contributed by atoms with E-state index in [4.69, 9.17) is 4.74 Å². The Morgan fingerprint density at radius 1 is 1.26 bits per heavy atom. The molecule has 1 aromatic carbocycles. The van der Waals surface area contributed by atoms with Crippen molar-refractivity contribution in [3.8, 4) is 5.75 Å². The number of hydrogen-bond donors (Lipinski definition) is 1. The summed E-state index contributed by atoms with van der Waals surface area (Å²) >= 11 is 0. The van der Waals surface area contributed by atoms with Gasteiger partial charge in [-0.2, -0.15) is 0 Å². The third kappa shape index (κ3) is 4.22. The van der Waals surface area contributed by atoms with E-state index in [9.17, 15) is 0 Å². The quantitative estimate of drug-likeness (QED) is 0.883. The standard InChI is InChI=1S/C16H26N2O/c1-3-19-16-9-5-4-7-14(16)13-18(2)15-8-6-11-17-12-10-15/h4-5,7,9,15,17H,3,6,8,10-13H2,1-2H3. The number of nitrogens with one attached hydrogen (secondary N) is 1. The van der Waals surface area contributed by atoms with E-state index in [0.29, 0.717) is 6.04 Å². The molecule has 106 valence electrons. The van der Waals surface area contributed by atoms with Gasteiger partial charge in [-0.05, 0) is 52.4 Å². The van der Waals surface area contributed by atoms with Gasteiger partial charge < -0.3 is 10.1 Å². The molecule has 0 saturated carbocycles. The van der Waals surface area contributed by atoms with Gasteiger partial charge in [0.15, 0.2) is 0 Å². The lowest BCUT2D eigenvalue weighted by Gasteiger charge is -2.27. The van der Waals surface area contributed by atoms with Crippen molar-refractivity contribution in [1.29, 1.82) is 0 Å². The Morgan fingerprint density at radius 3 is 2.95 bits per heavy atom. The maximum absolute atomic E-state index is 5.71. The first-order valence-corrected chi connectivity index (χ1v) is 7.43. The second kappa shape index (κ2) is 7.51. The minimum atomic E-state index is 0.685. The summed E-state index contributed by atoms with van der Waals surface area (Å²) in [5.74, 6) is 1.03. The second-order valence-electron chi connectivity index (χ2n) is 5.29. The summed E-state index contributed by atoms with van der Waals surface area (Å²) in [6.07, 6.45) is 3.82. The van der Waals surface area contributed by atoms with Crippen molar-refractivity contribution in [1.82, 2.24) is 10.2 Å². The molecule has 3 heteroatoms. The molecule has 1 aliphatic heterocycles. The molecule has 2 rings (SSSR count). The van der Waals surface area contributed by atoms with Crippen LogP contribution in [0.4, 0.5) is 0 Å². The highest BCUT2D eigenvalue weighted by atomic mass is 16.5. The Morgan fingerprint density at radius 2 is 2.11 bits per heavy atom. The number of ether oxygens (including phenoxy) is 1. The molecule has 19 heavy (non-hydrogen) atoms. The summed E-state index contributed by atoms with van der Waals surface area (Å²) in [4.78, 5) is 2.48. The fraction of sp³-hybridized carbons (Fsp3) is 0.625. The summed E-state index contributed by atoms with van der Waals surface area (Å²) in [6.45, 7) is 6.05. The van der Waals surface area contributed by atoms with Crippen LogP contribution in [0.3, 0.4) is 0 Å². The predicted molar refractivity (Wildman–Crippen MR) is 79.6 cm³/mol. The van der Waals surface area contributed by atoms with Crippen LogP contribution in [0.2, 0.25) is 0 Å². The van der Waals surface area contributed by atoms with Crippen LogP contribution < -0.4 is 10.1 Å². The highest BCUT2D eigenvalue weighted by Gasteiger charge is 2.17. The van der Waals surface area contributed by atoms with Gasteiger partial charge in [0, 0.05) is 18.2 Å². The highest BCUT2D eigenvalue weighted by molar-refractivity contribution is 5.33. The Hall–Kier alpha value is -1.06. The van der Waals surface area contributed by atoms with Crippen LogP contribution in [0, 0.1) is 0 Å². The lowest BCUT2D eigenvalue weighted by atomic mass is 10.1. The van der Waals surface area contributed by atoms with Gasteiger partial charge in [0.2, 0.25) is 0 Å². The molecule has 0 radical (unpaired) electrons. The van der Waals surface area contributed by atoms with E-state index in [0.717, 1.165) is 25.4 Å². The van der Waals surface area contributed by atoms with Crippen LogP contribution in [-0.4, -0.2) is 37.7 Å². The maximum atomic E-state index is 5.71. The summed E-state index contributed by atoms with van der Waals surface area (Å²) < 4.78 is 5.71. The van der Waals surface area contributed by atoms with Gasteiger partial charge in [0.25, 0.3) is 0 Å². The van der Waals surface area contributed by atoms with Crippen LogP contribution in [0.25, 0.3) is 0 Å². The molecule has 1 N–H and O–H groups in total. The average molecular weight is 262 g/mol. The first-order valence-electron chi connectivity index (χ1n) is 7.43. The van der Waals surface area contributed by atoms with E-state index in [1.807, 2.05) is 13.0 Å². The van der Waals surface area contributed by atoms with Gasteiger partial charge in [0.1, 0.15) is 5.75 Å². The fourth-order valence-electron chi connectivity index (χ4n) is 2.77. The summed E-state index contributed by atoms with van der Waals surface area (Å²) in [6, 6.07) is 9.08. The zero-order valence-corrected chi connectivity index (χ0v) is 12.2. The molecule has 1 heterocycles. The largest absolute Gasteiger partial charge is 0.494 e. The third-order valence-corrected chi connectivity index (χ3v) is 3.86. The van der Waals surface area contributed by atoms with E-state index in [-0.39, 0.29) is 0 Å². The summed E-state index contributed by atoms with van der Waals surface area (Å²) in [7, 11) is 2.23. The molecule has 1 fully saturated rings. The first kappa shape index (κ1) is 14.4. The zero-order valence-electron chi connectivity index (χ0n) is 12.2. The van der Waals surface area contributed by atoms with Gasteiger partial charge >= 0.3 is 0 Å². The molecule has 1 atom stereocenters. The Kier molecular flexibility index (Phi) is 5.67. The number of para-hydroxylation sites is 1. The van der Waals surface area contributed by atoms with Gasteiger partial charge in [-0.1, -0.05) is 18.2 Å². The molecule has 0 aromatic heterocycles. The van der Waals surface area contributed by atoms with Crippen LogP contribution in [0.15, 0.2) is 24.3 Å².